The molecule has 2 rings (SSSR count). The van der Waals surface area contributed by atoms with Crippen molar-refractivity contribution in [3.63, 3.8) is 0 Å². The van der Waals surface area contributed by atoms with Crippen LogP contribution >= 0.6 is 0 Å². The van der Waals surface area contributed by atoms with E-state index in [2.05, 4.69) is 32.2 Å². The van der Waals surface area contributed by atoms with E-state index in [1.807, 2.05) is 30.1 Å². The summed E-state index contributed by atoms with van der Waals surface area (Å²) in [7, 11) is 1.97. The summed E-state index contributed by atoms with van der Waals surface area (Å²) in [6, 6.07) is 8.00. The molecule has 0 aromatic heterocycles. The first-order chi connectivity index (χ1) is 10.9. The van der Waals surface area contributed by atoms with Gasteiger partial charge >= 0.3 is 0 Å². The summed E-state index contributed by atoms with van der Waals surface area (Å²) in [6.07, 6.45) is 2.27. The number of carbonyl (C=O) groups is 1. The van der Waals surface area contributed by atoms with E-state index in [0.717, 1.165) is 37.4 Å². The largest absolute Gasteiger partial charge is 0.483 e. The third-order valence-electron chi connectivity index (χ3n) is 4.41. The van der Waals surface area contributed by atoms with Crippen molar-refractivity contribution < 1.29 is 9.53 Å². The molecule has 4 nitrogen and oxygen atoms in total. The first-order valence-corrected chi connectivity index (χ1v) is 8.56. The Morgan fingerprint density at radius 1 is 1.35 bits per heavy atom. The van der Waals surface area contributed by atoms with E-state index in [9.17, 15) is 4.79 Å². The number of nitrogens with one attached hydrogen (secondary N) is 1. The maximum Gasteiger partial charge on any atom is 0.260 e. The minimum atomic E-state index is 0.00263. The first-order valence-electron chi connectivity index (χ1n) is 8.56. The summed E-state index contributed by atoms with van der Waals surface area (Å²) < 4.78 is 5.87. The Kier molecular flexibility index (Phi) is 6.05. The number of rotatable bonds is 5. The Morgan fingerprint density at radius 2 is 2.09 bits per heavy atom. The molecule has 1 saturated heterocycles. The third kappa shape index (κ3) is 4.96. The molecule has 0 spiro atoms. The number of hydrogen-bond acceptors (Lipinski definition) is 3. The van der Waals surface area contributed by atoms with Crippen molar-refractivity contribution in [3.05, 3.63) is 29.8 Å². The number of hydrogen-bond donors (Lipinski definition) is 1. The molecule has 1 fully saturated rings. The molecule has 4 heteroatoms. The average Bonchev–Trinajstić information content (AvgIpc) is 2.52. The van der Waals surface area contributed by atoms with Gasteiger partial charge in [-0.05, 0) is 49.4 Å². The maximum atomic E-state index is 12.5. The molecule has 128 valence electrons. The van der Waals surface area contributed by atoms with Crippen LogP contribution in [0.5, 0.6) is 5.75 Å². The van der Waals surface area contributed by atoms with Crippen molar-refractivity contribution in [1.29, 1.82) is 0 Å². The van der Waals surface area contributed by atoms with Gasteiger partial charge in [0.25, 0.3) is 5.91 Å². The zero-order chi connectivity index (χ0) is 16.9. The topological polar surface area (TPSA) is 41.6 Å². The SMILES string of the molecule is CNC[C@@H]1CCCN(C(=O)COc2ccccc2C(C)(C)C)C1. The maximum absolute atomic E-state index is 12.5. The van der Waals surface area contributed by atoms with Crippen molar-refractivity contribution in [2.45, 2.75) is 39.0 Å². The van der Waals surface area contributed by atoms with E-state index in [1.54, 1.807) is 0 Å². The minimum Gasteiger partial charge on any atom is -0.483 e. The van der Waals surface area contributed by atoms with Crippen molar-refractivity contribution in [2.24, 2.45) is 5.92 Å². The number of para-hydroxylation sites is 1. The molecular formula is C19H30N2O2. The molecule has 1 amide bonds. The van der Waals surface area contributed by atoms with Crippen LogP contribution in [0.1, 0.15) is 39.2 Å². The lowest BCUT2D eigenvalue weighted by molar-refractivity contribution is -0.135. The van der Waals surface area contributed by atoms with Gasteiger partial charge in [-0.1, -0.05) is 39.0 Å². The fourth-order valence-electron chi connectivity index (χ4n) is 3.19. The molecule has 1 aromatic rings. The van der Waals surface area contributed by atoms with Crippen molar-refractivity contribution in [3.8, 4) is 5.75 Å². The van der Waals surface area contributed by atoms with E-state index in [0.29, 0.717) is 5.92 Å². The zero-order valence-electron chi connectivity index (χ0n) is 14.9. The van der Waals surface area contributed by atoms with Crippen LogP contribution in [0.25, 0.3) is 0 Å². The zero-order valence-corrected chi connectivity index (χ0v) is 14.9. The number of likely N-dealkylation sites (tertiary alicyclic amines) is 1. The van der Waals surface area contributed by atoms with Crippen LogP contribution in [0, 0.1) is 5.92 Å². The summed E-state index contributed by atoms with van der Waals surface area (Å²) >= 11 is 0. The van der Waals surface area contributed by atoms with Crippen LogP contribution in [-0.2, 0) is 10.2 Å². The lowest BCUT2D eigenvalue weighted by atomic mass is 9.86. The van der Waals surface area contributed by atoms with Gasteiger partial charge < -0.3 is 15.0 Å². The Balaban J connectivity index is 1.95. The fraction of sp³-hybridized carbons (Fsp3) is 0.632. The average molecular weight is 318 g/mol. The van der Waals surface area contributed by atoms with Crippen LogP contribution in [0.3, 0.4) is 0 Å². The van der Waals surface area contributed by atoms with Crippen LogP contribution in [0.15, 0.2) is 24.3 Å². The molecule has 1 aliphatic heterocycles. The van der Waals surface area contributed by atoms with E-state index in [4.69, 9.17) is 4.74 Å². The van der Waals surface area contributed by atoms with Crippen molar-refractivity contribution in [2.75, 3.05) is 33.3 Å². The van der Waals surface area contributed by atoms with E-state index < -0.39 is 0 Å². The second kappa shape index (κ2) is 7.82. The number of amides is 1. The number of carbonyl (C=O) groups excluding carboxylic acids is 1. The van der Waals surface area contributed by atoms with Gasteiger partial charge in [-0.15, -0.1) is 0 Å². The van der Waals surface area contributed by atoms with Gasteiger partial charge in [0, 0.05) is 13.1 Å². The predicted octanol–water partition coefficient (Wildman–Crippen LogP) is 2.82. The standard InChI is InChI=1S/C19H30N2O2/c1-19(2,3)16-9-5-6-10-17(16)23-14-18(22)21-11-7-8-15(13-21)12-20-4/h5-6,9-10,15,20H,7-8,11-14H2,1-4H3/t15-/m0/s1. The van der Waals surface area contributed by atoms with Gasteiger partial charge in [-0.3, -0.25) is 4.79 Å². The quantitative estimate of drug-likeness (QED) is 0.908. The summed E-state index contributed by atoms with van der Waals surface area (Å²) in [5, 5.41) is 3.21. The molecule has 0 aliphatic carbocycles. The van der Waals surface area contributed by atoms with E-state index >= 15 is 0 Å². The molecule has 1 aromatic carbocycles. The highest BCUT2D eigenvalue weighted by Gasteiger charge is 2.24. The first kappa shape index (κ1) is 17.8. The fourth-order valence-corrected chi connectivity index (χ4v) is 3.19. The molecule has 0 bridgehead atoms. The highest BCUT2D eigenvalue weighted by Crippen LogP contribution is 2.31. The Bertz CT molecular complexity index is 520. The Hall–Kier alpha value is -1.55. The van der Waals surface area contributed by atoms with Gasteiger partial charge in [0.1, 0.15) is 5.75 Å². The molecule has 1 N–H and O–H groups in total. The van der Waals surface area contributed by atoms with Gasteiger partial charge in [-0.2, -0.15) is 0 Å². The number of benzene rings is 1. The van der Waals surface area contributed by atoms with Crippen LogP contribution in [0.2, 0.25) is 0 Å². The second-order valence-corrected chi connectivity index (χ2v) is 7.44. The molecule has 1 atom stereocenters. The number of ether oxygens (including phenoxy) is 1. The van der Waals surface area contributed by atoms with Crippen molar-refractivity contribution in [1.82, 2.24) is 10.2 Å². The van der Waals surface area contributed by atoms with Gasteiger partial charge in [0.15, 0.2) is 6.61 Å². The molecule has 1 aliphatic rings. The normalized spacial score (nSPS) is 18.8. The number of nitrogens with zero attached hydrogens (tertiary/aromatic N) is 1. The van der Waals surface area contributed by atoms with Gasteiger partial charge in [0.2, 0.25) is 0 Å². The summed E-state index contributed by atoms with van der Waals surface area (Å²) in [5.74, 6) is 1.46. The monoisotopic (exact) mass is 318 g/mol. The van der Waals surface area contributed by atoms with Gasteiger partial charge in [-0.25, -0.2) is 0 Å². The van der Waals surface area contributed by atoms with E-state index in [-0.39, 0.29) is 17.9 Å². The predicted molar refractivity (Wildman–Crippen MR) is 93.9 cm³/mol. The summed E-state index contributed by atoms with van der Waals surface area (Å²) in [6.45, 7) is 9.25. The highest BCUT2D eigenvalue weighted by atomic mass is 16.5. The Labute approximate surface area is 140 Å². The third-order valence-corrected chi connectivity index (χ3v) is 4.41. The Morgan fingerprint density at radius 3 is 2.78 bits per heavy atom. The second-order valence-electron chi connectivity index (χ2n) is 7.44. The molecule has 1 heterocycles. The van der Waals surface area contributed by atoms with Crippen molar-refractivity contribution >= 4 is 5.91 Å². The molecule has 0 radical (unpaired) electrons. The summed E-state index contributed by atoms with van der Waals surface area (Å²) in [5.41, 5.74) is 1.14. The molecular weight excluding hydrogens is 288 g/mol. The molecule has 23 heavy (non-hydrogen) atoms. The highest BCUT2D eigenvalue weighted by molar-refractivity contribution is 5.78. The molecule has 0 unspecified atom stereocenters. The van der Waals surface area contributed by atoms with Crippen LogP contribution in [0.4, 0.5) is 0 Å². The van der Waals surface area contributed by atoms with Crippen LogP contribution in [-0.4, -0.2) is 44.1 Å². The molecule has 0 saturated carbocycles. The lowest BCUT2D eigenvalue weighted by Crippen LogP contribution is -2.44. The van der Waals surface area contributed by atoms with E-state index in [1.165, 1.54) is 6.42 Å². The smallest absolute Gasteiger partial charge is 0.260 e. The minimum absolute atomic E-state index is 0.00263. The summed E-state index contributed by atoms with van der Waals surface area (Å²) in [4.78, 5) is 14.4. The van der Waals surface area contributed by atoms with Crippen LogP contribution < -0.4 is 10.1 Å². The van der Waals surface area contributed by atoms with Gasteiger partial charge in [0.05, 0.1) is 0 Å². The number of piperidine rings is 1. The lowest BCUT2D eigenvalue weighted by Gasteiger charge is -2.33.